The average molecular weight is 369 g/mol. The highest BCUT2D eigenvalue weighted by molar-refractivity contribution is 5.79. The molecule has 1 aromatic carbocycles. The van der Waals surface area contributed by atoms with E-state index in [1.807, 2.05) is 24.0 Å². The molecule has 0 amide bonds. The summed E-state index contributed by atoms with van der Waals surface area (Å²) in [5.74, 6) is 0.878. The van der Waals surface area contributed by atoms with Gasteiger partial charge in [-0.15, -0.1) is 0 Å². The minimum absolute atomic E-state index is 0.770. The van der Waals surface area contributed by atoms with Crippen molar-refractivity contribution in [1.29, 1.82) is 0 Å². The van der Waals surface area contributed by atoms with E-state index in [4.69, 9.17) is 0 Å². The average Bonchev–Trinajstić information content (AvgIpc) is 3.41. The molecule has 1 saturated carbocycles. The van der Waals surface area contributed by atoms with Crippen molar-refractivity contribution in [3.8, 4) is 5.69 Å². The molecule has 1 fully saturated rings. The standard InChI is InChI=1S/C21H32N6/c1-22-21(24-15-17-26(2)19-6-3-4-7-19)23-14-12-18-8-10-20(11-9-18)27-16-5-13-25-27/h5,8-11,13,16,19H,3-4,6-7,12,14-15,17H2,1-2H3,(H2,22,23,24). The van der Waals surface area contributed by atoms with Gasteiger partial charge in [-0.1, -0.05) is 25.0 Å². The van der Waals surface area contributed by atoms with E-state index in [9.17, 15) is 0 Å². The highest BCUT2D eigenvalue weighted by atomic mass is 15.3. The third-order valence-electron chi connectivity index (χ3n) is 5.34. The van der Waals surface area contributed by atoms with Gasteiger partial charge in [-0.3, -0.25) is 4.99 Å². The van der Waals surface area contributed by atoms with Crippen LogP contribution in [0.2, 0.25) is 0 Å². The predicted octanol–water partition coefficient (Wildman–Crippen LogP) is 2.45. The Bertz CT molecular complexity index is 686. The van der Waals surface area contributed by atoms with E-state index in [0.29, 0.717) is 0 Å². The molecule has 0 spiro atoms. The molecule has 0 saturated heterocycles. The van der Waals surface area contributed by atoms with Crippen LogP contribution in [0.1, 0.15) is 31.2 Å². The van der Waals surface area contributed by atoms with Gasteiger partial charge in [-0.25, -0.2) is 4.68 Å². The van der Waals surface area contributed by atoms with Gasteiger partial charge in [-0.2, -0.15) is 5.10 Å². The molecule has 0 atom stereocenters. The normalized spacial score (nSPS) is 15.4. The molecule has 0 bridgehead atoms. The van der Waals surface area contributed by atoms with Crippen LogP contribution in [0.5, 0.6) is 0 Å². The molecule has 2 N–H and O–H groups in total. The van der Waals surface area contributed by atoms with Gasteiger partial charge in [0, 0.05) is 45.1 Å². The minimum Gasteiger partial charge on any atom is -0.356 e. The second-order valence-corrected chi connectivity index (χ2v) is 7.21. The van der Waals surface area contributed by atoms with Crippen molar-refractivity contribution in [3.05, 3.63) is 48.3 Å². The Morgan fingerprint density at radius 1 is 1.19 bits per heavy atom. The summed E-state index contributed by atoms with van der Waals surface area (Å²) in [6, 6.07) is 11.2. The van der Waals surface area contributed by atoms with Crippen LogP contribution < -0.4 is 10.6 Å². The van der Waals surface area contributed by atoms with Gasteiger partial charge < -0.3 is 15.5 Å². The fraction of sp³-hybridized carbons (Fsp3) is 0.524. The molecule has 2 aromatic rings. The predicted molar refractivity (Wildman–Crippen MR) is 112 cm³/mol. The van der Waals surface area contributed by atoms with E-state index >= 15 is 0 Å². The number of likely N-dealkylation sites (N-methyl/N-ethyl adjacent to an activating group) is 1. The summed E-state index contributed by atoms with van der Waals surface area (Å²) < 4.78 is 1.87. The van der Waals surface area contributed by atoms with Crippen molar-refractivity contribution in [1.82, 2.24) is 25.3 Å². The molecular weight excluding hydrogens is 336 g/mol. The number of rotatable bonds is 8. The molecule has 1 aromatic heterocycles. The van der Waals surface area contributed by atoms with Gasteiger partial charge in [-0.05, 0) is 50.1 Å². The maximum absolute atomic E-state index is 4.33. The first-order valence-corrected chi connectivity index (χ1v) is 10.00. The van der Waals surface area contributed by atoms with Gasteiger partial charge in [0.1, 0.15) is 0 Å². The van der Waals surface area contributed by atoms with Gasteiger partial charge in [0.25, 0.3) is 0 Å². The molecule has 3 rings (SSSR count). The fourth-order valence-corrected chi connectivity index (χ4v) is 3.66. The SMILES string of the molecule is CN=C(NCCc1ccc(-n2cccn2)cc1)NCCN(C)C1CCCC1. The molecular formula is C21H32N6. The minimum atomic E-state index is 0.770. The van der Waals surface area contributed by atoms with Gasteiger partial charge in [0.05, 0.1) is 5.69 Å². The highest BCUT2D eigenvalue weighted by Gasteiger charge is 2.18. The van der Waals surface area contributed by atoms with Crippen LogP contribution in [-0.4, -0.2) is 60.4 Å². The maximum Gasteiger partial charge on any atom is 0.191 e. The van der Waals surface area contributed by atoms with Crippen LogP contribution in [0.25, 0.3) is 5.69 Å². The molecule has 1 heterocycles. The quantitative estimate of drug-likeness (QED) is 0.555. The summed E-state index contributed by atoms with van der Waals surface area (Å²) in [6.45, 7) is 2.84. The van der Waals surface area contributed by atoms with Crippen molar-refractivity contribution >= 4 is 5.96 Å². The summed E-state index contributed by atoms with van der Waals surface area (Å²) in [6.07, 6.45) is 10.2. The van der Waals surface area contributed by atoms with Gasteiger partial charge >= 0.3 is 0 Å². The molecule has 0 unspecified atom stereocenters. The largest absolute Gasteiger partial charge is 0.356 e. The second-order valence-electron chi connectivity index (χ2n) is 7.21. The smallest absolute Gasteiger partial charge is 0.191 e. The van der Waals surface area contributed by atoms with E-state index in [0.717, 1.165) is 43.7 Å². The van der Waals surface area contributed by atoms with Crippen molar-refractivity contribution < 1.29 is 0 Å². The second kappa shape index (κ2) is 10.1. The van der Waals surface area contributed by atoms with E-state index in [-0.39, 0.29) is 0 Å². The van der Waals surface area contributed by atoms with Crippen LogP contribution in [0, 0.1) is 0 Å². The Hall–Kier alpha value is -2.34. The number of hydrogen-bond acceptors (Lipinski definition) is 3. The first kappa shape index (κ1) is 19.4. The number of benzene rings is 1. The Kier molecular flexibility index (Phi) is 7.27. The first-order chi connectivity index (χ1) is 13.3. The van der Waals surface area contributed by atoms with Crippen molar-refractivity contribution in [2.75, 3.05) is 33.7 Å². The number of guanidine groups is 1. The zero-order valence-corrected chi connectivity index (χ0v) is 16.6. The molecule has 0 aliphatic heterocycles. The van der Waals surface area contributed by atoms with Crippen molar-refractivity contribution in [2.45, 2.75) is 38.1 Å². The molecule has 1 aliphatic carbocycles. The molecule has 6 heteroatoms. The van der Waals surface area contributed by atoms with Crippen molar-refractivity contribution in [3.63, 3.8) is 0 Å². The number of aliphatic imine (C=N–C) groups is 1. The fourth-order valence-electron chi connectivity index (χ4n) is 3.66. The zero-order valence-electron chi connectivity index (χ0n) is 16.6. The monoisotopic (exact) mass is 368 g/mol. The molecule has 146 valence electrons. The van der Waals surface area contributed by atoms with Gasteiger partial charge in [0.2, 0.25) is 0 Å². The van der Waals surface area contributed by atoms with E-state index < -0.39 is 0 Å². The lowest BCUT2D eigenvalue weighted by atomic mass is 10.1. The van der Waals surface area contributed by atoms with Crippen LogP contribution in [-0.2, 0) is 6.42 Å². The lowest BCUT2D eigenvalue weighted by Gasteiger charge is -2.24. The van der Waals surface area contributed by atoms with Crippen molar-refractivity contribution in [2.24, 2.45) is 4.99 Å². The van der Waals surface area contributed by atoms with Gasteiger partial charge in [0.15, 0.2) is 5.96 Å². The first-order valence-electron chi connectivity index (χ1n) is 10.00. The molecule has 6 nitrogen and oxygen atoms in total. The van der Waals surface area contributed by atoms with E-state index in [2.05, 4.69) is 56.9 Å². The lowest BCUT2D eigenvalue weighted by Crippen LogP contribution is -2.43. The Morgan fingerprint density at radius 3 is 2.59 bits per heavy atom. The van der Waals surface area contributed by atoms with E-state index in [1.165, 1.54) is 31.2 Å². The van der Waals surface area contributed by atoms with Crippen LogP contribution in [0.3, 0.4) is 0 Å². The number of nitrogens with one attached hydrogen (secondary N) is 2. The number of nitrogens with zero attached hydrogens (tertiary/aromatic N) is 4. The maximum atomic E-state index is 4.33. The summed E-state index contributed by atoms with van der Waals surface area (Å²) in [5.41, 5.74) is 2.38. The molecule has 1 aliphatic rings. The number of aromatic nitrogens is 2. The number of hydrogen-bond donors (Lipinski definition) is 2. The summed E-state index contributed by atoms with van der Waals surface area (Å²) in [5, 5.41) is 11.1. The third-order valence-corrected chi connectivity index (χ3v) is 5.34. The zero-order chi connectivity index (χ0) is 18.9. The topological polar surface area (TPSA) is 57.5 Å². The third kappa shape index (κ3) is 5.82. The van der Waals surface area contributed by atoms with Crippen LogP contribution in [0.15, 0.2) is 47.7 Å². The van der Waals surface area contributed by atoms with Crippen LogP contribution in [0.4, 0.5) is 0 Å². The lowest BCUT2D eigenvalue weighted by molar-refractivity contribution is 0.249. The molecule has 0 radical (unpaired) electrons. The summed E-state index contributed by atoms with van der Waals surface area (Å²) in [4.78, 5) is 6.81. The summed E-state index contributed by atoms with van der Waals surface area (Å²) in [7, 11) is 4.07. The Morgan fingerprint density at radius 2 is 1.93 bits per heavy atom. The van der Waals surface area contributed by atoms with E-state index in [1.54, 1.807) is 6.20 Å². The Labute approximate surface area is 162 Å². The summed E-state index contributed by atoms with van der Waals surface area (Å²) >= 11 is 0. The Balaban J connectivity index is 1.35. The molecule has 27 heavy (non-hydrogen) atoms. The highest BCUT2D eigenvalue weighted by Crippen LogP contribution is 2.21. The van der Waals surface area contributed by atoms with Crippen LogP contribution >= 0.6 is 0 Å².